The fourth-order valence-corrected chi connectivity index (χ4v) is 2.16. The quantitative estimate of drug-likeness (QED) is 0.930. The fraction of sp³-hybridized carbons (Fsp3) is 0.312. The zero-order valence-electron chi connectivity index (χ0n) is 12.5. The van der Waals surface area contributed by atoms with Crippen LogP contribution in [-0.2, 0) is 6.42 Å². The SMILES string of the molecule is CCCc1nc(N)cc(Oc2c(C)cc(C#N)cc2C)n1. The molecule has 1 aromatic heterocycles. The monoisotopic (exact) mass is 282 g/mol. The van der Waals surface area contributed by atoms with Crippen molar-refractivity contribution in [1.29, 1.82) is 5.26 Å². The van der Waals surface area contributed by atoms with Gasteiger partial charge in [0.25, 0.3) is 0 Å². The minimum Gasteiger partial charge on any atom is -0.438 e. The average Bonchev–Trinajstić information content (AvgIpc) is 2.42. The number of nitrogens with two attached hydrogens (primary N) is 1. The third-order valence-corrected chi connectivity index (χ3v) is 3.04. The Hall–Kier alpha value is -2.61. The van der Waals surface area contributed by atoms with Gasteiger partial charge in [0.1, 0.15) is 17.4 Å². The molecular formula is C16H18N4O. The lowest BCUT2D eigenvalue weighted by molar-refractivity contribution is 0.452. The Morgan fingerprint density at radius 2 is 1.86 bits per heavy atom. The van der Waals surface area contributed by atoms with Crippen LogP contribution in [0, 0.1) is 25.2 Å². The first-order chi connectivity index (χ1) is 10.0. The Morgan fingerprint density at radius 3 is 2.43 bits per heavy atom. The molecule has 0 aliphatic rings. The van der Waals surface area contributed by atoms with Gasteiger partial charge in [0.05, 0.1) is 11.6 Å². The van der Waals surface area contributed by atoms with Crippen LogP contribution in [0.4, 0.5) is 5.82 Å². The van der Waals surface area contributed by atoms with E-state index in [1.807, 2.05) is 13.8 Å². The third kappa shape index (κ3) is 3.48. The summed E-state index contributed by atoms with van der Waals surface area (Å²) in [5, 5.41) is 8.97. The lowest BCUT2D eigenvalue weighted by Crippen LogP contribution is -2.02. The summed E-state index contributed by atoms with van der Waals surface area (Å²) >= 11 is 0. The van der Waals surface area contributed by atoms with Crippen LogP contribution in [0.2, 0.25) is 0 Å². The number of ether oxygens (including phenoxy) is 1. The zero-order chi connectivity index (χ0) is 15.4. The molecule has 0 aliphatic heterocycles. The molecule has 21 heavy (non-hydrogen) atoms. The minimum absolute atomic E-state index is 0.396. The molecule has 0 saturated carbocycles. The largest absolute Gasteiger partial charge is 0.438 e. The fourth-order valence-electron chi connectivity index (χ4n) is 2.16. The molecule has 0 spiro atoms. The van der Waals surface area contributed by atoms with E-state index >= 15 is 0 Å². The number of nitrogens with zero attached hydrogens (tertiary/aromatic N) is 3. The lowest BCUT2D eigenvalue weighted by atomic mass is 10.1. The maximum absolute atomic E-state index is 8.97. The Labute approximate surface area is 124 Å². The number of rotatable bonds is 4. The number of hydrogen-bond acceptors (Lipinski definition) is 5. The van der Waals surface area contributed by atoms with Crippen LogP contribution in [-0.4, -0.2) is 9.97 Å². The molecule has 108 valence electrons. The summed E-state index contributed by atoms with van der Waals surface area (Å²) in [6, 6.07) is 7.32. The summed E-state index contributed by atoms with van der Waals surface area (Å²) in [6.07, 6.45) is 1.70. The summed E-state index contributed by atoms with van der Waals surface area (Å²) in [5.41, 5.74) is 8.19. The first-order valence-electron chi connectivity index (χ1n) is 6.86. The normalized spacial score (nSPS) is 10.2. The van der Waals surface area contributed by atoms with Gasteiger partial charge in [-0.15, -0.1) is 0 Å². The smallest absolute Gasteiger partial charge is 0.224 e. The molecule has 2 rings (SSSR count). The van der Waals surface area contributed by atoms with Gasteiger partial charge in [0.2, 0.25) is 5.88 Å². The maximum atomic E-state index is 8.97. The summed E-state index contributed by atoms with van der Waals surface area (Å²) < 4.78 is 5.87. The highest BCUT2D eigenvalue weighted by atomic mass is 16.5. The molecule has 0 aliphatic carbocycles. The molecule has 5 nitrogen and oxygen atoms in total. The van der Waals surface area contributed by atoms with E-state index in [1.54, 1.807) is 18.2 Å². The molecular weight excluding hydrogens is 264 g/mol. The summed E-state index contributed by atoms with van der Waals surface area (Å²) in [7, 11) is 0. The molecule has 0 saturated heterocycles. The average molecular weight is 282 g/mol. The van der Waals surface area contributed by atoms with Gasteiger partial charge in [-0.2, -0.15) is 10.2 Å². The molecule has 0 bridgehead atoms. The highest BCUT2D eigenvalue weighted by molar-refractivity contribution is 5.49. The van der Waals surface area contributed by atoms with E-state index in [9.17, 15) is 0 Å². The van der Waals surface area contributed by atoms with Crippen molar-refractivity contribution >= 4 is 5.82 Å². The number of nitrogen functional groups attached to an aromatic ring is 1. The molecule has 0 radical (unpaired) electrons. The number of anilines is 1. The highest BCUT2D eigenvalue weighted by Gasteiger charge is 2.10. The van der Waals surface area contributed by atoms with Crippen LogP contribution in [0.5, 0.6) is 11.6 Å². The van der Waals surface area contributed by atoms with Crippen LogP contribution < -0.4 is 10.5 Å². The molecule has 1 heterocycles. The van der Waals surface area contributed by atoms with Crippen molar-refractivity contribution < 1.29 is 4.74 Å². The van der Waals surface area contributed by atoms with Gasteiger partial charge in [0, 0.05) is 12.5 Å². The molecule has 0 fully saturated rings. The van der Waals surface area contributed by atoms with Crippen LogP contribution in [0.3, 0.4) is 0 Å². The first kappa shape index (κ1) is 14.8. The van der Waals surface area contributed by atoms with Crippen LogP contribution in [0.15, 0.2) is 18.2 Å². The van der Waals surface area contributed by atoms with Gasteiger partial charge in [-0.1, -0.05) is 6.92 Å². The standard InChI is InChI=1S/C16H18N4O/c1-4-5-14-19-13(18)8-15(20-14)21-16-10(2)6-12(9-17)7-11(16)3/h6-8H,4-5H2,1-3H3,(H2,18,19,20). The van der Waals surface area contributed by atoms with Crippen molar-refractivity contribution in [3.63, 3.8) is 0 Å². The Morgan fingerprint density at radius 1 is 1.19 bits per heavy atom. The lowest BCUT2D eigenvalue weighted by Gasteiger charge is -2.12. The number of hydrogen-bond donors (Lipinski definition) is 1. The second-order valence-electron chi connectivity index (χ2n) is 4.95. The summed E-state index contributed by atoms with van der Waals surface area (Å²) in [4.78, 5) is 8.55. The maximum Gasteiger partial charge on any atom is 0.224 e. The number of benzene rings is 1. The molecule has 2 aromatic rings. The summed E-state index contributed by atoms with van der Waals surface area (Å²) in [6.45, 7) is 5.86. The van der Waals surface area contributed by atoms with Crippen molar-refractivity contribution in [1.82, 2.24) is 9.97 Å². The number of aryl methyl sites for hydroxylation is 3. The van der Waals surface area contributed by atoms with Gasteiger partial charge < -0.3 is 10.5 Å². The van der Waals surface area contributed by atoms with Gasteiger partial charge >= 0.3 is 0 Å². The summed E-state index contributed by atoms with van der Waals surface area (Å²) in [5.74, 6) is 2.21. The zero-order valence-corrected chi connectivity index (χ0v) is 12.5. The van der Waals surface area contributed by atoms with E-state index in [2.05, 4.69) is 23.0 Å². The topological polar surface area (TPSA) is 84.8 Å². The van der Waals surface area contributed by atoms with Crippen molar-refractivity contribution in [3.05, 3.63) is 40.7 Å². The predicted octanol–water partition coefficient (Wildman–Crippen LogP) is 3.29. The first-order valence-corrected chi connectivity index (χ1v) is 6.86. The Balaban J connectivity index is 2.36. The number of nitriles is 1. The van der Waals surface area contributed by atoms with Gasteiger partial charge in [0.15, 0.2) is 0 Å². The Bertz CT molecular complexity index is 681. The Kier molecular flexibility index (Phi) is 4.39. The van der Waals surface area contributed by atoms with Crippen LogP contribution in [0.25, 0.3) is 0 Å². The van der Waals surface area contributed by atoms with Crippen LogP contribution in [0.1, 0.15) is 35.9 Å². The number of aromatic nitrogens is 2. The minimum atomic E-state index is 0.396. The molecule has 0 amide bonds. The highest BCUT2D eigenvalue weighted by Crippen LogP contribution is 2.29. The second kappa shape index (κ2) is 6.23. The van der Waals surface area contributed by atoms with E-state index in [1.165, 1.54) is 0 Å². The molecule has 1 aromatic carbocycles. The van der Waals surface area contributed by atoms with E-state index in [0.717, 1.165) is 24.0 Å². The molecule has 5 heteroatoms. The van der Waals surface area contributed by atoms with Crippen molar-refractivity contribution in [2.24, 2.45) is 0 Å². The van der Waals surface area contributed by atoms with E-state index in [0.29, 0.717) is 28.8 Å². The van der Waals surface area contributed by atoms with Crippen molar-refractivity contribution in [2.45, 2.75) is 33.6 Å². The van der Waals surface area contributed by atoms with E-state index < -0.39 is 0 Å². The van der Waals surface area contributed by atoms with Crippen molar-refractivity contribution in [3.8, 4) is 17.7 Å². The predicted molar refractivity (Wildman–Crippen MR) is 81.1 cm³/mol. The van der Waals surface area contributed by atoms with Gasteiger partial charge in [-0.05, 0) is 43.5 Å². The van der Waals surface area contributed by atoms with E-state index in [-0.39, 0.29) is 0 Å². The molecule has 2 N–H and O–H groups in total. The van der Waals surface area contributed by atoms with Crippen LogP contribution >= 0.6 is 0 Å². The van der Waals surface area contributed by atoms with E-state index in [4.69, 9.17) is 15.7 Å². The van der Waals surface area contributed by atoms with Crippen molar-refractivity contribution in [2.75, 3.05) is 5.73 Å². The van der Waals surface area contributed by atoms with Gasteiger partial charge in [-0.3, -0.25) is 0 Å². The molecule has 0 atom stereocenters. The van der Waals surface area contributed by atoms with Gasteiger partial charge in [-0.25, -0.2) is 4.98 Å². The third-order valence-electron chi connectivity index (χ3n) is 3.04. The molecule has 0 unspecified atom stereocenters. The second-order valence-corrected chi connectivity index (χ2v) is 4.95.